The van der Waals surface area contributed by atoms with E-state index >= 15 is 0 Å². The van der Waals surface area contributed by atoms with E-state index in [1.807, 2.05) is 91.0 Å². The van der Waals surface area contributed by atoms with Crippen LogP contribution >= 0.6 is 7.14 Å². The molecule has 0 saturated carbocycles. The molecule has 0 spiro atoms. The van der Waals surface area contributed by atoms with E-state index in [0.717, 1.165) is 32.9 Å². The Hall–Kier alpha value is -3.48. The molecule has 0 radical (unpaired) electrons. The summed E-state index contributed by atoms with van der Waals surface area (Å²) in [6, 6.07) is 38.1. The van der Waals surface area contributed by atoms with Crippen LogP contribution < -0.4 is 5.30 Å². The Bertz CT molecular complexity index is 1280. The largest absolute Gasteiger partial charge is 0.307 e. The smallest absolute Gasteiger partial charge is 0.191 e. The van der Waals surface area contributed by atoms with E-state index in [4.69, 9.17) is 0 Å². The topological polar surface area (TPSA) is 29.4 Å². The minimum absolute atomic E-state index is 0.649. The van der Waals surface area contributed by atoms with Crippen molar-refractivity contribution < 1.29 is 4.57 Å². The maximum Gasteiger partial charge on any atom is 0.191 e. The normalized spacial score (nSPS) is 18.0. The van der Waals surface area contributed by atoms with E-state index in [2.05, 4.69) is 29.3 Å². The predicted molar refractivity (Wildman–Crippen MR) is 127 cm³/mol. The summed E-state index contributed by atoms with van der Waals surface area (Å²) >= 11 is 0. The Labute approximate surface area is 176 Å². The second kappa shape index (κ2) is 7.74. The third kappa shape index (κ3) is 3.16. The maximum atomic E-state index is 14.6. The first-order valence-electron chi connectivity index (χ1n) is 9.93. The zero-order valence-corrected chi connectivity index (χ0v) is 17.2. The van der Waals surface area contributed by atoms with Crippen molar-refractivity contribution in [2.24, 2.45) is 4.99 Å². The number of aliphatic imine (C=N–C) groups is 1. The van der Waals surface area contributed by atoms with Crippen molar-refractivity contribution in [2.75, 3.05) is 0 Å². The maximum absolute atomic E-state index is 14.6. The Balaban J connectivity index is 1.59. The molecule has 0 aromatic heterocycles. The zero-order valence-electron chi connectivity index (χ0n) is 16.3. The van der Waals surface area contributed by atoms with Gasteiger partial charge in [0.25, 0.3) is 0 Å². The molecule has 1 aliphatic heterocycles. The summed E-state index contributed by atoms with van der Waals surface area (Å²) in [5, 5.41) is 1.59. The molecule has 0 bridgehead atoms. The lowest BCUT2D eigenvalue weighted by Crippen LogP contribution is -2.12. The van der Waals surface area contributed by atoms with Crippen LogP contribution in [-0.4, -0.2) is 5.45 Å². The van der Waals surface area contributed by atoms with Gasteiger partial charge in [-0.2, -0.15) is 0 Å². The number of benzene rings is 4. The first-order valence-corrected chi connectivity index (χ1v) is 11.6. The average Bonchev–Trinajstić information content (AvgIpc) is 3.19. The van der Waals surface area contributed by atoms with Crippen molar-refractivity contribution in [3.05, 3.63) is 133 Å². The van der Waals surface area contributed by atoms with Gasteiger partial charge in [0.15, 0.2) is 7.14 Å². The van der Waals surface area contributed by atoms with Crippen LogP contribution in [0.4, 0.5) is 0 Å². The van der Waals surface area contributed by atoms with Gasteiger partial charge in [0.2, 0.25) is 0 Å². The summed E-state index contributed by atoms with van der Waals surface area (Å²) in [5.74, 6) is 0. The van der Waals surface area contributed by atoms with Crippen molar-refractivity contribution in [1.29, 1.82) is 0 Å². The van der Waals surface area contributed by atoms with Gasteiger partial charge in [-0.25, -0.2) is 0 Å². The summed E-state index contributed by atoms with van der Waals surface area (Å²) in [6.07, 6.45) is 1.79. The molecule has 4 aromatic carbocycles. The summed E-state index contributed by atoms with van der Waals surface area (Å²) in [4.78, 5) is 4.67. The predicted octanol–water partition coefficient (Wildman–Crippen LogP) is 6.80. The summed E-state index contributed by atoms with van der Waals surface area (Å²) in [7, 11) is -3.06. The first-order chi connectivity index (χ1) is 14.8. The molecule has 2 nitrogen and oxygen atoms in total. The minimum Gasteiger partial charge on any atom is -0.307 e. The molecule has 1 heterocycles. The number of rotatable bonds is 4. The van der Waals surface area contributed by atoms with Gasteiger partial charge in [-0.05, 0) is 16.7 Å². The monoisotopic (exact) mass is 405 g/mol. The molecule has 5 rings (SSSR count). The highest BCUT2D eigenvalue weighted by atomic mass is 31.2. The molecule has 0 fully saturated rings. The highest BCUT2D eigenvalue weighted by Gasteiger charge is 2.40. The fraction of sp³-hybridized carbons (Fsp3) is 0. The zero-order chi connectivity index (χ0) is 20.4. The molecule has 4 aromatic rings. The second-order valence-corrected chi connectivity index (χ2v) is 9.86. The van der Waals surface area contributed by atoms with Crippen LogP contribution in [-0.2, 0) is 4.57 Å². The third-order valence-corrected chi connectivity index (χ3v) is 8.43. The van der Waals surface area contributed by atoms with Gasteiger partial charge in [0.1, 0.15) is 5.45 Å². The highest BCUT2D eigenvalue weighted by molar-refractivity contribution is 7.96. The molecule has 1 atom stereocenters. The molecule has 30 heavy (non-hydrogen) atoms. The van der Waals surface area contributed by atoms with Crippen LogP contribution in [0.1, 0.15) is 11.1 Å². The molecule has 0 N–H and O–H groups in total. The Morgan fingerprint density at radius 2 is 0.967 bits per heavy atom. The lowest BCUT2D eigenvalue weighted by atomic mass is 10.0. The Morgan fingerprint density at radius 3 is 1.57 bits per heavy atom. The summed E-state index contributed by atoms with van der Waals surface area (Å²) < 4.78 is 14.6. The van der Waals surface area contributed by atoms with Crippen LogP contribution in [0.5, 0.6) is 0 Å². The van der Waals surface area contributed by atoms with Crippen LogP contribution in [0.25, 0.3) is 16.4 Å². The molecule has 1 unspecified atom stereocenters. The highest BCUT2D eigenvalue weighted by Crippen LogP contribution is 2.63. The van der Waals surface area contributed by atoms with E-state index in [1.165, 1.54) is 0 Å². The minimum atomic E-state index is -3.06. The second-order valence-electron chi connectivity index (χ2n) is 7.22. The van der Waals surface area contributed by atoms with E-state index in [0.29, 0.717) is 5.45 Å². The van der Waals surface area contributed by atoms with Crippen LogP contribution in [0.15, 0.2) is 126 Å². The molecule has 0 aliphatic carbocycles. The molecule has 0 saturated heterocycles. The summed E-state index contributed by atoms with van der Waals surface area (Å²) in [6.45, 7) is 0. The first kappa shape index (κ1) is 18.5. The van der Waals surface area contributed by atoms with Crippen LogP contribution in [0.3, 0.4) is 0 Å². The lowest BCUT2D eigenvalue weighted by molar-refractivity contribution is 0.594. The van der Waals surface area contributed by atoms with Gasteiger partial charge < -0.3 is 4.57 Å². The molecule has 1 aliphatic rings. The lowest BCUT2D eigenvalue weighted by Gasteiger charge is -2.20. The molecule has 0 amide bonds. The fourth-order valence-corrected chi connectivity index (χ4v) is 6.67. The molecular formula is C27H20NOP. The quantitative estimate of drug-likeness (QED) is 0.343. The Kier molecular flexibility index (Phi) is 4.78. The van der Waals surface area contributed by atoms with Crippen molar-refractivity contribution in [1.82, 2.24) is 0 Å². The van der Waals surface area contributed by atoms with Crippen molar-refractivity contribution in [2.45, 2.75) is 0 Å². The summed E-state index contributed by atoms with van der Waals surface area (Å²) in [5.41, 5.74) is 4.79. The average molecular weight is 405 g/mol. The van der Waals surface area contributed by atoms with E-state index in [1.54, 1.807) is 6.20 Å². The molecule has 3 heteroatoms. The molecular weight excluding hydrogens is 385 g/mol. The van der Waals surface area contributed by atoms with Crippen LogP contribution in [0, 0.1) is 0 Å². The van der Waals surface area contributed by atoms with Crippen molar-refractivity contribution in [3.8, 4) is 11.1 Å². The molecule has 144 valence electrons. The van der Waals surface area contributed by atoms with E-state index in [-0.39, 0.29) is 0 Å². The van der Waals surface area contributed by atoms with E-state index < -0.39 is 7.14 Å². The van der Waals surface area contributed by atoms with E-state index in [9.17, 15) is 4.57 Å². The van der Waals surface area contributed by atoms with Gasteiger partial charge in [-0.15, -0.1) is 0 Å². The van der Waals surface area contributed by atoms with Crippen molar-refractivity contribution in [3.63, 3.8) is 0 Å². The van der Waals surface area contributed by atoms with Gasteiger partial charge in [0.05, 0.1) is 0 Å². The number of hydrogen-bond acceptors (Lipinski definition) is 2. The van der Waals surface area contributed by atoms with Crippen LogP contribution in [0.2, 0.25) is 0 Å². The van der Waals surface area contributed by atoms with Gasteiger partial charge in [-0.3, -0.25) is 4.99 Å². The number of hydrogen-bond donors (Lipinski definition) is 0. The fourth-order valence-electron chi connectivity index (χ4n) is 3.86. The standard InChI is InChI=1S/C27H20NOP/c29-30(25-14-8-3-9-15-25)26(20-28-27(30)24-12-6-2-7-13-24)23-18-16-22(17-19-23)21-10-4-1-5-11-21/h1-20H. The van der Waals surface area contributed by atoms with Gasteiger partial charge in [-0.1, -0.05) is 115 Å². The van der Waals surface area contributed by atoms with Gasteiger partial charge >= 0.3 is 0 Å². The van der Waals surface area contributed by atoms with Crippen molar-refractivity contribution >= 4 is 23.2 Å². The Morgan fingerprint density at radius 1 is 0.500 bits per heavy atom. The van der Waals surface area contributed by atoms with Gasteiger partial charge in [0, 0.05) is 22.4 Å². The SMILES string of the molecule is O=P1(c2ccccc2)C(c2ccc(-c3ccccc3)cc2)=CN=C1c1ccccc1. The number of nitrogens with zero attached hydrogens (tertiary/aromatic N) is 1. The third-order valence-electron chi connectivity index (χ3n) is 5.39.